The number of benzene rings is 1. The summed E-state index contributed by atoms with van der Waals surface area (Å²) in [6.45, 7) is 5.54. The maximum Gasteiger partial charge on any atom is 0.183 e. The standard InChI is InChI=1S/C23H30N8O/c1-14-20(25)23(13-32-14)7-10-30(11-8-23)18-12-26-19-21(27-18)28-29-22(19)31-9-3-4-15-16(24)5-2-6-17(15)31/h2,5-6,12,14,20H,3-4,7-11,13,24-25H2,1H3,(H,27,28,29)/t14-,20+/m0/s1. The number of nitrogen functional groups attached to an aromatic ring is 1. The lowest BCUT2D eigenvalue weighted by Crippen LogP contribution is -2.50. The second-order valence-electron chi connectivity index (χ2n) is 9.46. The van der Waals surface area contributed by atoms with Crippen molar-refractivity contribution < 1.29 is 4.74 Å². The Balaban J connectivity index is 1.26. The van der Waals surface area contributed by atoms with Gasteiger partial charge in [-0.3, -0.25) is 5.10 Å². The van der Waals surface area contributed by atoms with Crippen LogP contribution in [-0.2, 0) is 11.2 Å². The summed E-state index contributed by atoms with van der Waals surface area (Å²) in [4.78, 5) is 14.2. The molecule has 0 aliphatic carbocycles. The third-order valence-corrected chi connectivity index (χ3v) is 7.71. The molecule has 168 valence electrons. The van der Waals surface area contributed by atoms with Gasteiger partial charge in [0.1, 0.15) is 5.82 Å². The van der Waals surface area contributed by atoms with Crippen molar-refractivity contribution in [3.05, 3.63) is 30.0 Å². The minimum absolute atomic E-state index is 0.0953. The molecule has 2 atom stereocenters. The maximum atomic E-state index is 6.47. The highest BCUT2D eigenvalue weighted by Crippen LogP contribution is 2.42. The number of hydrogen-bond acceptors (Lipinski definition) is 8. The second-order valence-corrected chi connectivity index (χ2v) is 9.46. The molecule has 5 heterocycles. The van der Waals surface area contributed by atoms with Gasteiger partial charge in [0.15, 0.2) is 17.0 Å². The monoisotopic (exact) mass is 434 g/mol. The zero-order valence-electron chi connectivity index (χ0n) is 18.4. The summed E-state index contributed by atoms with van der Waals surface area (Å²) in [5, 5.41) is 7.70. The molecule has 1 spiro atoms. The van der Waals surface area contributed by atoms with Crippen molar-refractivity contribution in [1.82, 2.24) is 20.2 Å². The Labute approximate surface area is 187 Å². The average molecular weight is 435 g/mol. The molecule has 0 amide bonds. The molecule has 0 radical (unpaired) electrons. The molecule has 0 bridgehead atoms. The van der Waals surface area contributed by atoms with E-state index >= 15 is 0 Å². The van der Waals surface area contributed by atoms with Gasteiger partial charge in [0.05, 0.1) is 18.9 Å². The molecule has 5 N–H and O–H groups in total. The van der Waals surface area contributed by atoms with Crippen LogP contribution in [0.25, 0.3) is 11.2 Å². The number of anilines is 4. The number of ether oxygens (including phenoxy) is 1. The van der Waals surface area contributed by atoms with Crippen LogP contribution in [0, 0.1) is 5.41 Å². The summed E-state index contributed by atoms with van der Waals surface area (Å²) >= 11 is 0. The van der Waals surface area contributed by atoms with Crippen molar-refractivity contribution in [2.75, 3.05) is 41.8 Å². The van der Waals surface area contributed by atoms with E-state index in [2.05, 4.69) is 33.0 Å². The fourth-order valence-electron chi connectivity index (χ4n) is 5.65. The number of aromatic nitrogens is 4. The molecule has 2 aromatic heterocycles. The molecule has 3 aliphatic rings. The first-order valence-corrected chi connectivity index (χ1v) is 11.5. The molecular formula is C23H30N8O. The van der Waals surface area contributed by atoms with Gasteiger partial charge in [-0.05, 0) is 50.3 Å². The van der Waals surface area contributed by atoms with Crippen LogP contribution in [0.1, 0.15) is 31.7 Å². The lowest BCUT2D eigenvalue weighted by Gasteiger charge is -2.41. The molecule has 9 heteroatoms. The third kappa shape index (κ3) is 2.95. The molecule has 0 unspecified atom stereocenters. The summed E-state index contributed by atoms with van der Waals surface area (Å²) in [5.74, 6) is 1.69. The number of hydrogen-bond donors (Lipinski definition) is 3. The molecule has 0 saturated carbocycles. The van der Waals surface area contributed by atoms with E-state index < -0.39 is 0 Å². The van der Waals surface area contributed by atoms with Crippen LogP contribution < -0.4 is 21.3 Å². The number of nitrogens with zero attached hydrogens (tertiary/aromatic N) is 5. The fraction of sp³-hybridized carbons (Fsp3) is 0.522. The molecule has 32 heavy (non-hydrogen) atoms. The van der Waals surface area contributed by atoms with E-state index in [-0.39, 0.29) is 17.6 Å². The van der Waals surface area contributed by atoms with Crippen LogP contribution >= 0.6 is 0 Å². The first-order chi connectivity index (χ1) is 15.6. The highest BCUT2D eigenvalue weighted by atomic mass is 16.5. The van der Waals surface area contributed by atoms with Gasteiger partial charge in [0, 0.05) is 42.5 Å². The largest absolute Gasteiger partial charge is 0.398 e. The topological polar surface area (TPSA) is 122 Å². The van der Waals surface area contributed by atoms with Crippen LogP contribution in [0.2, 0.25) is 0 Å². The average Bonchev–Trinajstić information content (AvgIpc) is 3.36. The summed E-state index contributed by atoms with van der Waals surface area (Å²) in [7, 11) is 0. The Kier molecular flexibility index (Phi) is 4.51. The zero-order chi connectivity index (χ0) is 21.9. The van der Waals surface area contributed by atoms with Crippen molar-refractivity contribution in [3.63, 3.8) is 0 Å². The van der Waals surface area contributed by atoms with E-state index in [0.29, 0.717) is 5.65 Å². The minimum Gasteiger partial charge on any atom is -0.398 e. The highest BCUT2D eigenvalue weighted by molar-refractivity contribution is 5.88. The van der Waals surface area contributed by atoms with Gasteiger partial charge >= 0.3 is 0 Å². The number of rotatable bonds is 2. The van der Waals surface area contributed by atoms with E-state index in [1.165, 1.54) is 5.56 Å². The smallest absolute Gasteiger partial charge is 0.183 e. The van der Waals surface area contributed by atoms with E-state index in [1.54, 1.807) is 0 Å². The Bertz CT molecular complexity index is 1150. The van der Waals surface area contributed by atoms with E-state index in [9.17, 15) is 0 Å². The van der Waals surface area contributed by atoms with Gasteiger partial charge in [-0.2, -0.15) is 5.10 Å². The number of H-pyrrole nitrogens is 1. The quantitative estimate of drug-likeness (QED) is 0.526. The van der Waals surface area contributed by atoms with Crippen molar-refractivity contribution in [2.45, 2.75) is 44.8 Å². The highest BCUT2D eigenvalue weighted by Gasteiger charge is 2.47. The van der Waals surface area contributed by atoms with Crippen LogP contribution in [-0.4, -0.2) is 58.6 Å². The first-order valence-electron chi connectivity index (χ1n) is 11.5. The van der Waals surface area contributed by atoms with Gasteiger partial charge in [-0.15, -0.1) is 0 Å². The summed E-state index contributed by atoms with van der Waals surface area (Å²) in [5.41, 5.74) is 17.4. The zero-order valence-corrected chi connectivity index (χ0v) is 18.4. The van der Waals surface area contributed by atoms with Crippen molar-refractivity contribution in [3.8, 4) is 0 Å². The van der Waals surface area contributed by atoms with Crippen molar-refractivity contribution in [2.24, 2.45) is 11.1 Å². The summed E-state index contributed by atoms with van der Waals surface area (Å²) in [6.07, 6.45) is 6.05. The lowest BCUT2D eigenvalue weighted by atomic mass is 9.73. The second kappa shape index (κ2) is 7.31. The van der Waals surface area contributed by atoms with Gasteiger partial charge in [0.2, 0.25) is 0 Å². The van der Waals surface area contributed by atoms with E-state index in [0.717, 1.165) is 80.5 Å². The number of aromatic amines is 1. The number of fused-ring (bicyclic) bond motifs is 2. The Morgan fingerprint density at radius 2 is 2.06 bits per heavy atom. The molecule has 1 aromatic carbocycles. The summed E-state index contributed by atoms with van der Waals surface area (Å²) < 4.78 is 5.85. The van der Waals surface area contributed by atoms with E-state index in [4.69, 9.17) is 26.2 Å². The molecule has 3 aromatic rings. The number of nitrogens with one attached hydrogen (secondary N) is 1. The SMILES string of the molecule is C[C@@H]1OCC2(CCN(c3cnc4c(N5CCCc6c(N)cccc65)n[nH]c4n3)CC2)[C@@H]1N. The van der Waals surface area contributed by atoms with Crippen LogP contribution in [0.3, 0.4) is 0 Å². The van der Waals surface area contributed by atoms with Crippen molar-refractivity contribution >= 4 is 34.2 Å². The van der Waals surface area contributed by atoms with Crippen LogP contribution in [0.15, 0.2) is 24.4 Å². The predicted octanol–water partition coefficient (Wildman–Crippen LogP) is 2.35. The number of nitrogens with two attached hydrogens (primary N) is 2. The van der Waals surface area contributed by atoms with Gasteiger partial charge in [-0.1, -0.05) is 6.07 Å². The maximum absolute atomic E-state index is 6.47. The predicted molar refractivity (Wildman–Crippen MR) is 125 cm³/mol. The minimum atomic E-state index is 0.0953. The van der Waals surface area contributed by atoms with Crippen LogP contribution in [0.5, 0.6) is 0 Å². The normalized spacial score (nSPS) is 24.9. The van der Waals surface area contributed by atoms with Crippen LogP contribution in [0.4, 0.5) is 23.0 Å². The number of piperidine rings is 1. The molecule has 2 fully saturated rings. The molecule has 2 saturated heterocycles. The fourth-order valence-corrected chi connectivity index (χ4v) is 5.65. The van der Waals surface area contributed by atoms with Gasteiger partial charge < -0.3 is 26.0 Å². The first kappa shape index (κ1) is 19.8. The van der Waals surface area contributed by atoms with E-state index in [1.807, 2.05) is 18.3 Å². The third-order valence-electron chi connectivity index (χ3n) is 7.71. The Hall–Kier alpha value is -2.91. The van der Waals surface area contributed by atoms with Crippen molar-refractivity contribution in [1.29, 1.82) is 0 Å². The molecule has 9 nitrogen and oxygen atoms in total. The molecule has 3 aliphatic heterocycles. The Morgan fingerprint density at radius 3 is 2.84 bits per heavy atom. The summed E-state index contributed by atoms with van der Waals surface area (Å²) in [6, 6.07) is 6.17. The van der Waals surface area contributed by atoms with Gasteiger partial charge in [0.25, 0.3) is 0 Å². The molecular weight excluding hydrogens is 404 g/mol. The van der Waals surface area contributed by atoms with Gasteiger partial charge in [-0.25, -0.2) is 9.97 Å². The molecule has 6 rings (SSSR count). The lowest BCUT2D eigenvalue weighted by molar-refractivity contribution is 0.0974. The Morgan fingerprint density at radius 1 is 1.22 bits per heavy atom.